The van der Waals surface area contributed by atoms with Gasteiger partial charge in [0.1, 0.15) is 4.90 Å². The van der Waals surface area contributed by atoms with Gasteiger partial charge >= 0.3 is 0 Å². The number of rotatable bonds is 5. The monoisotopic (exact) mass is 476 g/mol. The molecule has 1 aliphatic heterocycles. The zero-order valence-electron chi connectivity index (χ0n) is 16.2. The predicted octanol–water partition coefficient (Wildman–Crippen LogP) is -1.45. The van der Waals surface area contributed by atoms with E-state index in [-0.39, 0.29) is 36.0 Å². The molecular weight excluding hydrogens is 460 g/mol. The third-order valence-corrected chi connectivity index (χ3v) is 8.42. The molecular formula is C16H16N10O4S2. The van der Waals surface area contributed by atoms with Gasteiger partial charge in [-0.15, -0.1) is 15.3 Å². The van der Waals surface area contributed by atoms with Crippen LogP contribution in [0.4, 0.5) is 5.95 Å². The number of nitrogens with two attached hydrogens (primary N) is 2. The highest BCUT2D eigenvalue weighted by molar-refractivity contribution is 7.94. The topological polar surface area (TPSA) is 217 Å². The first-order valence-corrected chi connectivity index (χ1v) is 12.3. The summed E-state index contributed by atoms with van der Waals surface area (Å²) in [7, 11) is -8.59. The number of aromatic nitrogens is 7. The highest BCUT2D eigenvalue weighted by Gasteiger charge is 2.38. The molecule has 0 aliphatic carbocycles. The van der Waals surface area contributed by atoms with Crippen LogP contribution in [0.2, 0.25) is 0 Å². The molecule has 14 nitrogen and oxygen atoms in total. The second-order valence-electron chi connectivity index (χ2n) is 7.08. The molecule has 4 aromatic rings. The molecule has 1 aromatic carbocycles. The SMILES string of the molecule is Nc1nc2c(-c3ccc(S(=O)(=O)C4CNC4)c(S(N)(=O)=O)c3-c3nn[nH]n3)cccn2n1. The van der Waals surface area contributed by atoms with Gasteiger partial charge in [0.25, 0.3) is 0 Å². The summed E-state index contributed by atoms with van der Waals surface area (Å²) in [5.74, 6) is -0.149. The lowest BCUT2D eigenvalue weighted by Gasteiger charge is -2.28. The number of nitrogens with zero attached hydrogens (tertiary/aromatic N) is 6. The Balaban J connectivity index is 1.91. The van der Waals surface area contributed by atoms with Gasteiger partial charge in [0.15, 0.2) is 15.5 Å². The first-order chi connectivity index (χ1) is 15.2. The molecule has 1 saturated heterocycles. The van der Waals surface area contributed by atoms with E-state index in [1.54, 1.807) is 18.3 Å². The van der Waals surface area contributed by atoms with Crippen LogP contribution in [0, 0.1) is 0 Å². The molecule has 0 spiro atoms. The number of benzene rings is 1. The Hall–Kier alpha value is -3.47. The zero-order chi connectivity index (χ0) is 22.7. The Morgan fingerprint density at radius 3 is 2.50 bits per heavy atom. The van der Waals surface area contributed by atoms with Crippen molar-refractivity contribution in [1.82, 2.24) is 40.5 Å². The van der Waals surface area contributed by atoms with Gasteiger partial charge in [-0.2, -0.15) is 10.2 Å². The maximum Gasteiger partial charge on any atom is 0.240 e. The van der Waals surface area contributed by atoms with Crippen LogP contribution in [-0.2, 0) is 19.9 Å². The third kappa shape index (κ3) is 3.11. The van der Waals surface area contributed by atoms with E-state index in [0.29, 0.717) is 11.2 Å². The van der Waals surface area contributed by atoms with Gasteiger partial charge in [0, 0.05) is 24.8 Å². The van der Waals surface area contributed by atoms with E-state index in [2.05, 4.69) is 36.0 Å². The smallest absolute Gasteiger partial charge is 0.240 e. The molecule has 4 heterocycles. The largest absolute Gasteiger partial charge is 0.366 e. The van der Waals surface area contributed by atoms with Crippen molar-refractivity contribution in [3.05, 3.63) is 30.5 Å². The summed E-state index contributed by atoms with van der Waals surface area (Å²) < 4.78 is 53.3. The summed E-state index contributed by atoms with van der Waals surface area (Å²) in [5, 5.41) is 25.2. The van der Waals surface area contributed by atoms with Crippen molar-refractivity contribution < 1.29 is 16.8 Å². The van der Waals surface area contributed by atoms with Gasteiger partial charge < -0.3 is 11.1 Å². The fourth-order valence-corrected chi connectivity index (χ4v) is 6.76. The van der Waals surface area contributed by atoms with Crippen molar-refractivity contribution in [3.63, 3.8) is 0 Å². The average Bonchev–Trinajstić information content (AvgIpc) is 3.32. The first-order valence-electron chi connectivity index (χ1n) is 9.17. The second kappa shape index (κ2) is 7.02. The van der Waals surface area contributed by atoms with Crippen LogP contribution in [0.5, 0.6) is 0 Å². The van der Waals surface area contributed by atoms with Gasteiger partial charge in [-0.3, -0.25) is 0 Å². The van der Waals surface area contributed by atoms with E-state index >= 15 is 0 Å². The Labute approximate surface area is 181 Å². The number of anilines is 1. The van der Waals surface area contributed by atoms with Crippen LogP contribution in [0.25, 0.3) is 28.2 Å². The van der Waals surface area contributed by atoms with Crippen molar-refractivity contribution in [2.75, 3.05) is 18.8 Å². The highest BCUT2D eigenvalue weighted by atomic mass is 32.2. The van der Waals surface area contributed by atoms with Crippen LogP contribution in [0.1, 0.15) is 0 Å². The Morgan fingerprint density at radius 1 is 1.09 bits per heavy atom. The van der Waals surface area contributed by atoms with Gasteiger partial charge in [-0.1, -0.05) is 6.07 Å². The number of tetrazole rings is 1. The van der Waals surface area contributed by atoms with Crippen LogP contribution in [-0.4, -0.2) is 70.4 Å². The number of sulfonamides is 1. The minimum absolute atomic E-state index is 0.00177. The van der Waals surface area contributed by atoms with E-state index < -0.39 is 34.9 Å². The van der Waals surface area contributed by atoms with E-state index in [9.17, 15) is 16.8 Å². The summed E-state index contributed by atoms with van der Waals surface area (Å²) in [6, 6.07) is 5.98. The molecule has 5 rings (SSSR count). The van der Waals surface area contributed by atoms with Gasteiger partial charge in [0.2, 0.25) is 21.8 Å². The quantitative estimate of drug-likeness (QED) is 0.261. The predicted molar refractivity (Wildman–Crippen MR) is 111 cm³/mol. The summed E-state index contributed by atoms with van der Waals surface area (Å²) in [6.45, 7) is 0.397. The number of fused-ring (bicyclic) bond motifs is 1. The Morgan fingerprint density at radius 2 is 1.88 bits per heavy atom. The fourth-order valence-electron chi connectivity index (χ4n) is 3.58. The van der Waals surface area contributed by atoms with Crippen molar-refractivity contribution in [2.24, 2.45) is 5.14 Å². The number of aromatic amines is 1. The van der Waals surface area contributed by atoms with E-state index in [1.165, 1.54) is 16.6 Å². The van der Waals surface area contributed by atoms with Crippen LogP contribution in [0.15, 0.2) is 40.3 Å². The van der Waals surface area contributed by atoms with Crippen molar-refractivity contribution in [3.8, 4) is 22.5 Å². The molecule has 0 radical (unpaired) electrons. The van der Waals surface area contributed by atoms with Gasteiger partial charge in [0.05, 0.1) is 15.7 Å². The average molecular weight is 477 g/mol. The molecule has 32 heavy (non-hydrogen) atoms. The highest BCUT2D eigenvalue weighted by Crippen LogP contribution is 2.40. The molecule has 166 valence electrons. The first kappa shape index (κ1) is 20.4. The Bertz CT molecular complexity index is 1560. The number of pyridine rings is 1. The molecule has 0 saturated carbocycles. The van der Waals surface area contributed by atoms with Crippen molar-refractivity contribution >= 4 is 31.5 Å². The Kier molecular flexibility index (Phi) is 4.48. The summed E-state index contributed by atoms with van der Waals surface area (Å²) in [6.07, 6.45) is 1.61. The van der Waals surface area contributed by atoms with Gasteiger partial charge in [-0.05, 0) is 29.0 Å². The number of H-pyrrole nitrogens is 1. The lowest BCUT2D eigenvalue weighted by Crippen LogP contribution is -2.51. The lowest BCUT2D eigenvalue weighted by atomic mass is 10.00. The van der Waals surface area contributed by atoms with Gasteiger partial charge in [-0.25, -0.2) is 26.5 Å². The normalized spacial score (nSPS) is 15.2. The number of nitrogen functional groups attached to an aromatic ring is 1. The van der Waals surface area contributed by atoms with Crippen LogP contribution >= 0.6 is 0 Å². The summed E-state index contributed by atoms with van der Waals surface area (Å²) in [4.78, 5) is 3.14. The minimum Gasteiger partial charge on any atom is -0.366 e. The molecule has 1 fully saturated rings. The third-order valence-electron chi connectivity index (χ3n) is 5.13. The lowest BCUT2D eigenvalue weighted by molar-refractivity contribution is 0.493. The summed E-state index contributed by atoms with van der Waals surface area (Å²) >= 11 is 0. The molecule has 3 aromatic heterocycles. The van der Waals surface area contributed by atoms with E-state index in [4.69, 9.17) is 10.9 Å². The number of nitrogens with one attached hydrogen (secondary N) is 2. The van der Waals surface area contributed by atoms with E-state index in [1.807, 2.05) is 0 Å². The van der Waals surface area contributed by atoms with Crippen molar-refractivity contribution in [1.29, 1.82) is 0 Å². The number of sulfone groups is 1. The number of primary sulfonamides is 1. The van der Waals surface area contributed by atoms with E-state index in [0.717, 1.165) is 0 Å². The molecule has 1 aliphatic rings. The number of hydrogen-bond donors (Lipinski definition) is 4. The number of hydrogen-bond acceptors (Lipinski definition) is 11. The molecule has 16 heteroatoms. The van der Waals surface area contributed by atoms with Crippen LogP contribution in [0.3, 0.4) is 0 Å². The molecule has 6 N–H and O–H groups in total. The molecule has 0 bridgehead atoms. The zero-order valence-corrected chi connectivity index (χ0v) is 17.8. The maximum atomic E-state index is 13.2. The molecule has 0 atom stereocenters. The minimum atomic E-state index is -4.56. The molecule has 0 amide bonds. The van der Waals surface area contributed by atoms with Crippen molar-refractivity contribution in [2.45, 2.75) is 15.0 Å². The standard InChI is InChI=1S/C16H16N10O4S2/c17-16-20-15-10(2-1-5-26(15)23-16)9-3-4-11(31(27,28)8-6-19-7-8)13(32(18,29)30)12(9)14-21-24-25-22-14/h1-5,8,19H,6-7H2,(H2,17,23)(H2,18,29,30)(H,21,22,24,25). The molecule has 0 unspecified atom stereocenters. The second-order valence-corrected chi connectivity index (χ2v) is 10.8. The van der Waals surface area contributed by atoms with Crippen LogP contribution < -0.4 is 16.2 Å². The fraction of sp³-hybridized carbons (Fsp3) is 0.188. The maximum absolute atomic E-state index is 13.2. The summed E-state index contributed by atoms with van der Waals surface area (Å²) in [5.41, 5.74) is 6.59.